The second-order valence-electron chi connectivity index (χ2n) is 7.78. The van der Waals surface area contributed by atoms with Crippen molar-refractivity contribution in [2.24, 2.45) is 0 Å². The topological polar surface area (TPSA) is 67.4 Å². The molecular weight excluding hydrogens is 391 g/mol. The van der Waals surface area contributed by atoms with Gasteiger partial charge in [0.05, 0.1) is 7.11 Å². The van der Waals surface area contributed by atoms with Crippen LogP contribution >= 0.6 is 11.3 Å². The first-order valence-corrected chi connectivity index (χ1v) is 10.8. The number of methoxy groups -OCH3 is 1. The van der Waals surface area contributed by atoms with Gasteiger partial charge in [-0.05, 0) is 72.7 Å². The van der Waals surface area contributed by atoms with E-state index in [1.165, 1.54) is 18.7 Å². The Kier molecular flexibility index (Phi) is 6.90. The molecular formula is C22H27FN2O3S. The van der Waals surface area contributed by atoms with Gasteiger partial charge in [0.2, 0.25) is 11.8 Å². The summed E-state index contributed by atoms with van der Waals surface area (Å²) < 4.78 is 18.8. The molecule has 2 atom stereocenters. The lowest BCUT2D eigenvalue weighted by molar-refractivity contribution is -0.123. The summed E-state index contributed by atoms with van der Waals surface area (Å²) in [6.45, 7) is 1.99. The van der Waals surface area contributed by atoms with Gasteiger partial charge >= 0.3 is 0 Å². The maximum absolute atomic E-state index is 13.7. The van der Waals surface area contributed by atoms with Crippen molar-refractivity contribution in [2.45, 2.75) is 57.0 Å². The third-order valence-electron chi connectivity index (χ3n) is 5.35. The molecule has 0 saturated carbocycles. The summed E-state index contributed by atoms with van der Waals surface area (Å²) in [5, 5.41) is 10.2. The normalized spacial score (nSPS) is 19.6. The van der Waals surface area contributed by atoms with Crippen LogP contribution in [0.15, 0.2) is 35.0 Å². The van der Waals surface area contributed by atoms with E-state index in [1.807, 2.05) is 12.3 Å². The van der Waals surface area contributed by atoms with Gasteiger partial charge in [-0.25, -0.2) is 4.39 Å². The minimum absolute atomic E-state index is 0.00897. The van der Waals surface area contributed by atoms with Crippen molar-refractivity contribution >= 4 is 23.2 Å². The number of hydrogen-bond donors (Lipinski definition) is 2. The number of nitrogens with one attached hydrogen (secondary N) is 2. The third kappa shape index (κ3) is 5.79. The molecule has 2 aromatic rings. The van der Waals surface area contributed by atoms with Crippen molar-refractivity contribution < 1.29 is 18.7 Å². The Hall–Kier alpha value is -2.41. The zero-order valence-electron chi connectivity index (χ0n) is 16.8. The zero-order chi connectivity index (χ0) is 20.9. The molecule has 2 heterocycles. The van der Waals surface area contributed by atoms with E-state index < -0.39 is 11.4 Å². The van der Waals surface area contributed by atoms with E-state index in [0.717, 1.165) is 12.0 Å². The molecule has 0 bridgehead atoms. The second-order valence-corrected chi connectivity index (χ2v) is 8.56. The SMILES string of the molecule is COc1cc(CC2(CCC(=O)NC(C)Cc3ccsc3)CCC(=O)N2)ccc1F. The summed E-state index contributed by atoms with van der Waals surface area (Å²) in [4.78, 5) is 24.4. The Morgan fingerprint density at radius 1 is 1.38 bits per heavy atom. The Balaban J connectivity index is 1.60. The van der Waals surface area contributed by atoms with Crippen LogP contribution in [0.25, 0.3) is 0 Å². The molecule has 7 heteroatoms. The van der Waals surface area contributed by atoms with Gasteiger partial charge in [0.1, 0.15) is 0 Å². The first kappa shape index (κ1) is 21.3. The van der Waals surface area contributed by atoms with Gasteiger partial charge in [-0.15, -0.1) is 0 Å². The maximum atomic E-state index is 13.7. The molecule has 1 aromatic heterocycles. The smallest absolute Gasteiger partial charge is 0.220 e. The van der Waals surface area contributed by atoms with Gasteiger partial charge in [0.25, 0.3) is 0 Å². The minimum Gasteiger partial charge on any atom is -0.494 e. The van der Waals surface area contributed by atoms with Gasteiger partial charge in [0.15, 0.2) is 11.6 Å². The van der Waals surface area contributed by atoms with Crippen LogP contribution in [-0.2, 0) is 22.4 Å². The number of halogens is 1. The second kappa shape index (κ2) is 9.39. The summed E-state index contributed by atoms with van der Waals surface area (Å²) in [5.74, 6) is -0.267. The summed E-state index contributed by atoms with van der Waals surface area (Å²) in [6, 6.07) is 6.84. The van der Waals surface area contributed by atoms with Crippen molar-refractivity contribution in [1.82, 2.24) is 10.6 Å². The summed E-state index contributed by atoms with van der Waals surface area (Å²) in [6.07, 6.45) is 3.29. The van der Waals surface area contributed by atoms with Crippen LogP contribution in [0, 0.1) is 5.82 Å². The van der Waals surface area contributed by atoms with Crippen LogP contribution in [0.4, 0.5) is 4.39 Å². The zero-order valence-corrected chi connectivity index (χ0v) is 17.6. The number of benzene rings is 1. The molecule has 0 spiro atoms. The van der Waals surface area contributed by atoms with E-state index in [0.29, 0.717) is 32.1 Å². The number of carbonyl (C=O) groups is 2. The van der Waals surface area contributed by atoms with Crippen molar-refractivity contribution in [3.63, 3.8) is 0 Å². The predicted molar refractivity (Wildman–Crippen MR) is 112 cm³/mol. The first-order valence-electron chi connectivity index (χ1n) is 9.83. The van der Waals surface area contributed by atoms with E-state index in [2.05, 4.69) is 22.1 Å². The minimum atomic E-state index is -0.492. The monoisotopic (exact) mass is 418 g/mol. The lowest BCUT2D eigenvalue weighted by Gasteiger charge is -2.29. The molecule has 1 fully saturated rings. The van der Waals surface area contributed by atoms with E-state index in [4.69, 9.17) is 4.74 Å². The number of hydrogen-bond acceptors (Lipinski definition) is 4. The molecule has 2 N–H and O–H groups in total. The van der Waals surface area contributed by atoms with Gasteiger partial charge in [-0.2, -0.15) is 11.3 Å². The van der Waals surface area contributed by atoms with E-state index >= 15 is 0 Å². The largest absolute Gasteiger partial charge is 0.494 e. The molecule has 1 aliphatic heterocycles. The van der Waals surface area contributed by atoms with Crippen LogP contribution in [0.1, 0.15) is 43.7 Å². The van der Waals surface area contributed by atoms with Gasteiger partial charge in [0, 0.05) is 24.4 Å². The standard InChI is InChI=1S/C22H27FN2O3S/c1-15(11-17-7-10-29-14-17)24-20(26)5-8-22(9-6-21(27)25-22)13-16-3-4-18(23)19(12-16)28-2/h3-4,7,10,12,14-15H,5-6,8-9,11,13H2,1-2H3,(H,24,26)(H,25,27). The number of rotatable bonds is 9. The average Bonchev–Trinajstić information content (AvgIpc) is 3.32. The van der Waals surface area contributed by atoms with Gasteiger partial charge in [-0.1, -0.05) is 6.07 Å². The Labute approximate surface area is 174 Å². The lowest BCUT2D eigenvalue weighted by atomic mass is 9.85. The van der Waals surface area contributed by atoms with Crippen LogP contribution in [0.2, 0.25) is 0 Å². The molecule has 1 aliphatic rings. The average molecular weight is 419 g/mol. The molecule has 29 heavy (non-hydrogen) atoms. The third-order valence-corrected chi connectivity index (χ3v) is 6.09. The Bertz CT molecular complexity index is 856. The molecule has 156 valence electrons. The predicted octanol–water partition coefficient (Wildman–Crippen LogP) is 3.61. The lowest BCUT2D eigenvalue weighted by Crippen LogP contribution is -2.45. The molecule has 1 saturated heterocycles. The number of amides is 2. The highest BCUT2D eigenvalue weighted by atomic mass is 32.1. The maximum Gasteiger partial charge on any atom is 0.220 e. The first-order chi connectivity index (χ1) is 13.9. The molecule has 0 aliphatic carbocycles. The molecule has 2 amide bonds. The van der Waals surface area contributed by atoms with E-state index in [9.17, 15) is 14.0 Å². The number of thiophene rings is 1. The van der Waals surface area contributed by atoms with Crippen LogP contribution in [-0.4, -0.2) is 30.5 Å². The molecule has 1 aromatic carbocycles. The van der Waals surface area contributed by atoms with Gasteiger partial charge < -0.3 is 15.4 Å². The number of carbonyl (C=O) groups excluding carboxylic acids is 2. The van der Waals surface area contributed by atoms with E-state index in [-0.39, 0.29) is 23.6 Å². The Morgan fingerprint density at radius 2 is 2.21 bits per heavy atom. The van der Waals surface area contributed by atoms with Crippen molar-refractivity contribution in [1.29, 1.82) is 0 Å². The molecule has 2 unspecified atom stereocenters. The highest BCUT2D eigenvalue weighted by Gasteiger charge is 2.38. The van der Waals surface area contributed by atoms with E-state index in [1.54, 1.807) is 23.5 Å². The fourth-order valence-electron chi connectivity index (χ4n) is 3.90. The summed E-state index contributed by atoms with van der Waals surface area (Å²) in [7, 11) is 1.43. The van der Waals surface area contributed by atoms with Crippen molar-refractivity contribution in [3.8, 4) is 5.75 Å². The quantitative estimate of drug-likeness (QED) is 0.654. The highest BCUT2D eigenvalue weighted by Crippen LogP contribution is 2.31. The molecule has 3 rings (SSSR count). The Morgan fingerprint density at radius 3 is 2.86 bits per heavy atom. The fraction of sp³-hybridized carbons (Fsp3) is 0.455. The van der Waals surface area contributed by atoms with Crippen molar-refractivity contribution in [3.05, 3.63) is 52.0 Å². The van der Waals surface area contributed by atoms with Gasteiger partial charge in [-0.3, -0.25) is 9.59 Å². The highest BCUT2D eigenvalue weighted by molar-refractivity contribution is 7.07. The van der Waals surface area contributed by atoms with Crippen LogP contribution in [0.5, 0.6) is 5.75 Å². The fourth-order valence-corrected chi connectivity index (χ4v) is 4.58. The molecule has 0 radical (unpaired) electrons. The van der Waals surface area contributed by atoms with Crippen molar-refractivity contribution in [2.75, 3.05) is 7.11 Å². The van der Waals surface area contributed by atoms with Crippen LogP contribution in [0.3, 0.4) is 0 Å². The summed E-state index contributed by atoms with van der Waals surface area (Å²) >= 11 is 1.65. The molecule has 5 nitrogen and oxygen atoms in total. The van der Waals surface area contributed by atoms with Crippen LogP contribution < -0.4 is 15.4 Å². The summed E-state index contributed by atoms with van der Waals surface area (Å²) in [5.41, 5.74) is 1.60. The number of ether oxygens (including phenoxy) is 1.